The van der Waals surface area contributed by atoms with Crippen molar-refractivity contribution in [3.63, 3.8) is 0 Å². The smallest absolute Gasteiger partial charge is 0.166 e. The fourth-order valence-corrected chi connectivity index (χ4v) is 4.14. The summed E-state index contributed by atoms with van der Waals surface area (Å²) in [5.41, 5.74) is 1.20. The first-order valence-electron chi connectivity index (χ1n) is 9.65. The number of carbonyl (C=O) groups excluding carboxylic acids is 1. The van der Waals surface area contributed by atoms with Crippen LogP contribution >= 0.6 is 0 Å². The van der Waals surface area contributed by atoms with Gasteiger partial charge in [0.1, 0.15) is 5.82 Å². The van der Waals surface area contributed by atoms with Crippen LogP contribution in [-0.2, 0) is 0 Å². The molecule has 1 aromatic heterocycles. The monoisotopic (exact) mass is 385 g/mol. The number of pyridine rings is 1. The first kappa shape index (κ1) is 19.0. The van der Waals surface area contributed by atoms with Crippen molar-refractivity contribution >= 4 is 17.2 Å². The van der Waals surface area contributed by atoms with Gasteiger partial charge < -0.3 is 20.8 Å². The topological polar surface area (TPSA) is 104 Å². The Bertz CT molecular complexity index is 862. The molecule has 0 radical (unpaired) electrons. The number of nitrogens with one attached hydrogen (secondary N) is 2. The molecule has 28 heavy (non-hydrogen) atoms. The van der Waals surface area contributed by atoms with Crippen molar-refractivity contribution in [3.8, 4) is 0 Å². The molecule has 2 fully saturated rings. The van der Waals surface area contributed by atoms with Gasteiger partial charge in [-0.2, -0.15) is 0 Å². The summed E-state index contributed by atoms with van der Waals surface area (Å²) in [5, 5.41) is 26.3. The van der Waals surface area contributed by atoms with Crippen molar-refractivity contribution in [3.05, 3.63) is 54.1 Å². The number of carbonyl (C=O) groups is 1. The van der Waals surface area contributed by atoms with Gasteiger partial charge in [0.25, 0.3) is 0 Å². The van der Waals surface area contributed by atoms with E-state index in [1.54, 1.807) is 30.5 Å². The molecule has 5 atom stereocenters. The highest BCUT2D eigenvalue weighted by atomic mass is 19.1. The van der Waals surface area contributed by atoms with Gasteiger partial charge in [0.15, 0.2) is 5.78 Å². The quantitative estimate of drug-likeness (QED) is 0.450. The van der Waals surface area contributed by atoms with Crippen molar-refractivity contribution in [2.24, 2.45) is 5.92 Å². The Hall–Kier alpha value is -2.35. The molecule has 1 saturated heterocycles. The molecule has 0 spiro atoms. The van der Waals surface area contributed by atoms with Crippen molar-refractivity contribution in [2.75, 3.05) is 5.32 Å². The molecule has 3 unspecified atom stereocenters. The number of hydrogen-bond donors (Lipinski definition) is 4. The number of aliphatic hydroxyl groups is 2. The highest BCUT2D eigenvalue weighted by molar-refractivity contribution is 6.02. The molecule has 0 bridgehead atoms. The van der Waals surface area contributed by atoms with E-state index >= 15 is 0 Å². The molecule has 2 heterocycles. The van der Waals surface area contributed by atoms with E-state index in [0.717, 1.165) is 12.8 Å². The lowest BCUT2D eigenvalue weighted by Gasteiger charge is -2.31. The van der Waals surface area contributed by atoms with Crippen LogP contribution in [0.3, 0.4) is 0 Å². The predicted molar refractivity (Wildman–Crippen MR) is 103 cm³/mol. The number of para-hydroxylation sites is 1. The highest BCUT2D eigenvalue weighted by Gasteiger charge is 2.48. The minimum atomic E-state index is -0.745. The Labute approximate surface area is 162 Å². The summed E-state index contributed by atoms with van der Waals surface area (Å²) in [4.78, 5) is 16.9. The zero-order valence-corrected chi connectivity index (χ0v) is 15.4. The Kier molecular flexibility index (Phi) is 5.39. The summed E-state index contributed by atoms with van der Waals surface area (Å²) >= 11 is 0. The Morgan fingerprint density at radius 1 is 1.21 bits per heavy atom. The van der Waals surface area contributed by atoms with Gasteiger partial charge >= 0.3 is 0 Å². The second kappa shape index (κ2) is 7.95. The number of hydrogen-bond acceptors (Lipinski definition) is 6. The molecule has 2 aliphatic rings. The van der Waals surface area contributed by atoms with Crippen LogP contribution in [0.15, 0.2) is 42.7 Å². The molecule has 1 aromatic carbocycles. The van der Waals surface area contributed by atoms with E-state index < -0.39 is 18.0 Å². The van der Waals surface area contributed by atoms with Crippen LogP contribution in [0.2, 0.25) is 0 Å². The third-order valence-electron chi connectivity index (χ3n) is 5.73. The maximum Gasteiger partial charge on any atom is 0.166 e. The number of anilines is 2. The van der Waals surface area contributed by atoms with E-state index in [-0.39, 0.29) is 35.9 Å². The second-order valence-electron chi connectivity index (χ2n) is 7.61. The minimum absolute atomic E-state index is 0.0214. The van der Waals surface area contributed by atoms with Crippen LogP contribution in [0.4, 0.5) is 15.8 Å². The normalized spacial score (nSPS) is 29.3. The number of nitrogens with zero attached hydrogens (tertiary/aromatic N) is 1. The van der Waals surface area contributed by atoms with E-state index in [1.165, 1.54) is 12.3 Å². The third kappa shape index (κ3) is 3.92. The number of aliphatic hydroxyl groups excluding tert-OH is 2. The average Bonchev–Trinajstić information content (AvgIpc) is 3.45. The summed E-state index contributed by atoms with van der Waals surface area (Å²) in [5.74, 6) is -0.513. The number of ketones is 1. The van der Waals surface area contributed by atoms with E-state index in [2.05, 4.69) is 15.6 Å². The number of halogens is 1. The summed E-state index contributed by atoms with van der Waals surface area (Å²) in [6, 6.07) is 7.91. The SMILES string of the molecule is O=C(CC1NC1C1CCC[C@@H](O)[C@H]1O)c1ccncc1Nc1ccccc1F. The summed E-state index contributed by atoms with van der Waals surface area (Å²) < 4.78 is 13.9. The molecule has 4 rings (SSSR count). The summed E-state index contributed by atoms with van der Waals surface area (Å²) in [6.45, 7) is 0. The minimum Gasteiger partial charge on any atom is -0.390 e. The van der Waals surface area contributed by atoms with Crippen molar-refractivity contribution < 1.29 is 19.4 Å². The first-order valence-corrected chi connectivity index (χ1v) is 9.65. The summed E-state index contributed by atoms with van der Waals surface area (Å²) in [6.07, 6.45) is 4.24. The predicted octanol–water partition coefficient (Wildman–Crippen LogP) is 2.40. The molecule has 1 saturated carbocycles. The van der Waals surface area contributed by atoms with Gasteiger partial charge in [-0.15, -0.1) is 0 Å². The van der Waals surface area contributed by atoms with Crippen LogP contribution in [0.25, 0.3) is 0 Å². The van der Waals surface area contributed by atoms with E-state index in [9.17, 15) is 19.4 Å². The van der Waals surface area contributed by atoms with Gasteiger partial charge in [0, 0.05) is 36.2 Å². The van der Waals surface area contributed by atoms with Crippen LogP contribution in [0.5, 0.6) is 0 Å². The van der Waals surface area contributed by atoms with Gasteiger partial charge in [-0.05, 0) is 31.0 Å². The van der Waals surface area contributed by atoms with E-state index in [4.69, 9.17) is 0 Å². The number of rotatable bonds is 6. The lowest BCUT2D eigenvalue weighted by molar-refractivity contribution is -0.0452. The number of benzene rings is 1. The van der Waals surface area contributed by atoms with Crippen molar-refractivity contribution in [1.29, 1.82) is 0 Å². The fraction of sp³-hybridized carbons (Fsp3) is 0.429. The van der Waals surface area contributed by atoms with Crippen LogP contribution < -0.4 is 10.6 Å². The Morgan fingerprint density at radius 2 is 2.04 bits per heavy atom. The largest absolute Gasteiger partial charge is 0.390 e. The molecular weight excluding hydrogens is 361 g/mol. The van der Waals surface area contributed by atoms with E-state index in [1.807, 2.05) is 0 Å². The third-order valence-corrected chi connectivity index (χ3v) is 5.73. The molecule has 1 aliphatic heterocycles. The molecule has 7 heteroatoms. The Morgan fingerprint density at radius 3 is 2.86 bits per heavy atom. The van der Waals surface area contributed by atoms with Gasteiger partial charge in [-0.1, -0.05) is 18.6 Å². The van der Waals surface area contributed by atoms with Crippen molar-refractivity contribution in [1.82, 2.24) is 10.3 Å². The molecule has 148 valence electrons. The average molecular weight is 385 g/mol. The van der Waals surface area contributed by atoms with Gasteiger partial charge in [0.2, 0.25) is 0 Å². The van der Waals surface area contributed by atoms with Gasteiger partial charge in [0.05, 0.1) is 29.8 Å². The fourth-order valence-electron chi connectivity index (χ4n) is 4.14. The standard InChI is InChI=1S/C21H24FN3O3/c22-14-5-1-2-6-15(14)24-17-11-23-9-8-12(17)19(27)10-16-20(25-16)13-4-3-7-18(26)21(13)28/h1-2,5-6,8-9,11,13,16,18,20-21,24-26,28H,3-4,7,10H2/t13?,16?,18-,20?,21+/m1/s1. The van der Waals surface area contributed by atoms with Gasteiger partial charge in [-0.3, -0.25) is 9.78 Å². The maximum absolute atomic E-state index is 13.9. The Balaban J connectivity index is 1.43. The van der Waals surface area contributed by atoms with Crippen LogP contribution in [0, 0.1) is 11.7 Å². The zero-order valence-electron chi connectivity index (χ0n) is 15.4. The maximum atomic E-state index is 13.9. The molecular formula is C21H24FN3O3. The highest BCUT2D eigenvalue weighted by Crippen LogP contribution is 2.36. The number of aromatic nitrogens is 1. The number of Topliss-reactive ketones (excluding diaryl/α,β-unsaturated/α-hetero) is 1. The summed E-state index contributed by atoms with van der Waals surface area (Å²) in [7, 11) is 0. The first-order chi connectivity index (χ1) is 13.5. The van der Waals surface area contributed by atoms with Crippen LogP contribution in [0.1, 0.15) is 36.0 Å². The van der Waals surface area contributed by atoms with Crippen LogP contribution in [-0.4, -0.2) is 45.3 Å². The van der Waals surface area contributed by atoms with E-state index in [0.29, 0.717) is 17.7 Å². The second-order valence-corrected chi connectivity index (χ2v) is 7.61. The molecule has 4 N–H and O–H groups in total. The lowest BCUT2D eigenvalue weighted by atomic mass is 9.81. The van der Waals surface area contributed by atoms with Crippen molar-refractivity contribution in [2.45, 2.75) is 50.0 Å². The zero-order chi connectivity index (χ0) is 19.7. The molecule has 0 amide bonds. The lowest BCUT2D eigenvalue weighted by Crippen LogP contribution is -2.40. The molecule has 6 nitrogen and oxygen atoms in total. The molecule has 1 aliphatic carbocycles. The van der Waals surface area contributed by atoms with Gasteiger partial charge in [-0.25, -0.2) is 4.39 Å². The molecule has 2 aromatic rings.